The van der Waals surface area contributed by atoms with Crippen LogP contribution in [0.15, 0.2) is 39.4 Å². The lowest BCUT2D eigenvalue weighted by molar-refractivity contribution is -0.125. The average molecular weight is 305 g/mol. The van der Waals surface area contributed by atoms with E-state index in [1.165, 1.54) is 6.92 Å². The number of carbonyl (C=O) groups excluding carboxylic acids is 2. The van der Waals surface area contributed by atoms with Crippen molar-refractivity contribution in [3.63, 3.8) is 0 Å². The number of nitrogens with zero attached hydrogens (tertiary/aromatic N) is 1. The molecule has 1 aliphatic rings. The van der Waals surface area contributed by atoms with Crippen LogP contribution in [0, 0.1) is 16.7 Å². The van der Waals surface area contributed by atoms with E-state index < -0.39 is 11.7 Å². The van der Waals surface area contributed by atoms with Gasteiger partial charge in [-0.2, -0.15) is 0 Å². The summed E-state index contributed by atoms with van der Waals surface area (Å²) >= 11 is 0. The molecule has 0 spiro atoms. The molecule has 1 unspecified atom stereocenters. The minimum absolute atomic E-state index is 0.0145. The van der Waals surface area contributed by atoms with E-state index in [-0.39, 0.29) is 40.7 Å². The smallest absolute Gasteiger partial charge is 0.179 e. The second-order valence-corrected chi connectivity index (χ2v) is 5.92. The summed E-state index contributed by atoms with van der Waals surface area (Å²) in [5, 5.41) is 13.3. The summed E-state index contributed by atoms with van der Waals surface area (Å²) in [7, 11) is 0. The van der Waals surface area contributed by atoms with Gasteiger partial charge in [0, 0.05) is 11.5 Å². The lowest BCUT2D eigenvalue weighted by atomic mass is 9.80. The first-order valence-electron chi connectivity index (χ1n) is 7.47. The molecule has 2 atom stereocenters. The van der Waals surface area contributed by atoms with Crippen LogP contribution in [0.25, 0.3) is 0 Å². The molecule has 0 saturated carbocycles. The Morgan fingerprint density at radius 3 is 2.45 bits per heavy atom. The van der Waals surface area contributed by atoms with Crippen LogP contribution in [0.5, 0.6) is 0 Å². The van der Waals surface area contributed by atoms with Gasteiger partial charge in [0.1, 0.15) is 17.0 Å². The van der Waals surface area contributed by atoms with Crippen molar-refractivity contribution in [3.8, 4) is 0 Å². The molecule has 0 bridgehead atoms. The average Bonchev–Trinajstić information content (AvgIpc) is 2.48. The van der Waals surface area contributed by atoms with Gasteiger partial charge in [-0.3, -0.25) is 9.59 Å². The van der Waals surface area contributed by atoms with E-state index in [1.54, 1.807) is 6.92 Å². The summed E-state index contributed by atoms with van der Waals surface area (Å²) in [6.07, 6.45) is 2.66. The number of aliphatic hydroxyl groups is 1. The molecule has 0 aromatic rings. The van der Waals surface area contributed by atoms with Gasteiger partial charge in [-0.15, -0.1) is 4.91 Å². The van der Waals surface area contributed by atoms with Crippen molar-refractivity contribution in [1.29, 1.82) is 0 Å². The summed E-state index contributed by atoms with van der Waals surface area (Å²) in [6.45, 7) is 8.87. The molecule has 0 aliphatic heterocycles. The molecule has 0 saturated heterocycles. The predicted octanol–water partition coefficient (Wildman–Crippen LogP) is 4.01. The molecule has 0 heterocycles. The van der Waals surface area contributed by atoms with Crippen molar-refractivity contribution in [2.45, 2.75) is 47.5 Å². The van der Waals surface area contributed by atoms with Crippen molar-refractivity contribution in [2.24, 2.45) is 17.0 Å². The Bertz CT molecular complexity index is 592. The molecule has 1 aliphatic carbocycles. The first-order chi connectivity index (χ1) is 10.3. The number of rotatable bonds is 6. The normalized spacial score (nSPS) is 20.0. The number of aliphatic hydroxyl groups excluding tert-OH is 1. The van der Waals surface area contributed by atoms with Gasteiger partial charge in [0.15, 0.2) is 11.6 Å². The maximum atomic E-state index is 12.4. The molecule has 1 N–H and O–H groups in total. The van der Waals surface area contributed by atoms with Crippen LogP contribution in [0.2, 0.25) is 0 Å². The third-order valence-electron chi connectivity index (χ3n) is 4.00. The van der Waals surface area contributed by atoms with Gasteiger partial charge in [0.2, 0.25) is 0 Å². The van der Waals surface area contributed by atoms with Crippen LogP contribution in [-0.4, -0.2) is 16.7 Å². The third-order valence-corrected chi connectivity index (χ3v) is 4.00. The highest BCUT2D eigenvalue weighted by atomic mass is 16.3. The van der Waals surface area contributed by atoms with E-state index in [2.05, 4.69) is 5.18 Å². The Hall–Kier alpha value is -2.04. The van der Waals surface area contributed by atoms with Crippen LogP contribution in [0.1, 0.15) is 47.5 Å². The van der Waals surface area contributed by atoms with Crippen LogP contribution in [0.4, 0.5) is 0 Å². The topological polar surface area (TPSA) is 83.8 Å². The van der Waals surface area contributed by atoms with E-state index in [1.807, 2.05) is 26.8 Å². The fraction of sp³-hybridized carbons (Fsp3) is 0.529. The number of ketones is 2. The van der Waals surface area contributed by atoms with Gasteiger partial charge in [-0.1, -0.05) is 25.5 Å². The van der Waals surface area contributed by atoms with Crippen molar-refractivity contribution in [2.75, 3.05) is 0 Å². The number of allylic oxidation sites excluding steroid dienone is 5. The second-order valence-electron chi connectivity index (χ2n) is 5.92. The molecule has 5 heteroatoms. The maximum Gasteiger partial charge on any atom is 0.179 e. The summed E-state index contributed by atoms with van der Waals surface area (Å²) in [5.74, 6) is -2.46. The standard InChI is InChI=1S/C17H23NO4/c1-6-10(4)15(19)13-16(20)11(5)14(18-22)12(17(13)21)8-7-9(2)3/h7,10-11,21H,6,8H2,1-5H3/t10?,11-/m1/s1. The molecule has 0 aromatic carbocycles. The first-order valence-corrected chi connectivity index (χ1v) is 7.47. The fourth-order valence-corrected chi connectivity index (χ4v) is 2.30. The van der Waals surface area contributed by atoms with Gasteiger partial charge in [-0.05, 0) is 38.8 Å². The number of nitroso groups, excluding NO2 is 1. The highest BCUT2D eigenvalue weighted by molar-refractivity contribution is 6.23. The molecule has 120 valence electrons. The Morgan fingerprint density at radius 2 is 2.00 bits per heavy atom. The number of hydrogen-bond donors (Lipinski definition) is 1. The second kappa shape index (κ2) is 7.29. The highest BCUT2D eigenvalue weighted by Crippen LogP contribution is 2.35. The Balaban J connectivity index is 3.47. The zero-order valence-corrected chi connectivity index (χ0v) is 13.8. The number of hydrogen-bond acceptors (Lipinski definition) is 5. The monoisotopic (exact) mass is 305 g/mol. The predicted molar refractivity (Wildman–Crippen MR) is 85.2 cm³/mol. The van der Waals surface area contributed by atoms with E-state index in [9.17, 15) is 19.6 Å². The van der Waals surface area contributed by atoms with Gasteiger partial charge in [0.25, 0.3) is 0 Å². The van der Waals surface area contributed by atoms with Crippen LogP contribution in [-0.2, 0) is 9.59 Å². The van der Waals surface area contributed by atoms with Crippen LogP contribution in [0.3, 0.4) is 0 Å². The maximum absolute atomic E-state index is 12.4. The summed E-state index contributed by atoms with van der Waals surface area (Å²) in [4.78, 5) is 35.8. The van der Waals surface area contributed by atoms with Crippen molar-refractivity contribution < 1.29 is 14.7 Å². The summed E-state index contributed by atoms with van der Waals surface area (Å²) < 4.78 is 0. The van der Waals surface area contributed by atoms with E-state index in [0.717, 1.165) is 5.57 Å². The zero-order chi connectivity index (χ0) is 17.0. The van der Waals surface area contributed by atoms with Crippen molar-refractivity contribution in [1.82, 2.24) is 0 Å². The zero-order valence-electron chi connectivity index (χ0n) is 13.8. The number of carbonyl (C=O) groups is 2. The Morgan fingerprint density at radius 1 is 1.41 bits per heavy atom. The van der Waals surface area contributed by atoms with Gasteiger partial charge in [-0.25, -0.2) is 0 Å². The summed E-state index contributed by atoms with van der Waals surface area (Å²) in [6, 6.07) is 0. The van der Waals surface area contributed by atoms with Gasteiger partial charge in [0.05, 0.1) is 5.92 Å². The fourth-order valence-electron chi connectivity index (χ4n) is 2.30. The Labute approximate surface area is 130 Å². The van der Waals surface area contributed by atoms with Crippen molar-refractivity contribution >= 4 is 11.6 Å². The van der Waals surface area contributed by atoms with E-state index in [0.29, 0.717) is 6.42 Å². The number of Topliss-reactive ketones (excluding diaryl/α,β-unsaturated/α-hetero) is 2. The lowest BCUT2D eigenvalue weighted by Gasteiger charge is -2.23. The summed E-state index contributed by atoms with van der Waals surface area (Å²) in [5.41, 5.74) is 1.10. The minimum atomic E-state index is -0.808. The molecule has 0 fully saturated rings. The largest absolute Gasteiger partial charge is 0.507 e. The van der Waals surface area contributed by atoms with Gasteiger partial charge < -0.3 is 5.11 Å². The third kappa shape index (κ3) is 3.40. The molecule has 0 amide bonds. The van der Waals surface area contributed by atoms with E-state index >= 15 is 0 Å². The highest BCUT2D eigenvalue weighted by Gasteiger charge is 2.38. The van der Waals surface area contributed by atoms with Crippen LogP contribution >= 0.6 is 0 Å². The Kier molecular flexibility index (Phi) is 5.97. The molecule has 5 nitrogen and oxygen atoms in total. The molecule has 1 rings (SSSR count). The lowest BCUT2D eigenvalue weighted by Crippen LogP contribution is -2.30. The molecular formula is C17H23NO4. The first kappa shape index (κ1) is 18.0. The van der Waals surface area contributed by atoms with E-state index in [4.69, 9.17) is 0 Å². The molecule has 0 radical (unpaired) electrons. The quantitative estimate of drug-likeness (QED) is 0.456. The van der Waals surface area contributed by atoms with Gasteiger partial charge >= 0.3 is 0 Å². The van der Waals surface area contributed by atoms with Crippen molar-refractivity contribution in [3.05, 3.63) is 39.2 Å². The SMILES string of the molecule is CCC(C)C(=O)C1=C(O)C(CC=C(C)C)=C(N=O)[C@@H](C)C1=O. The minimum Gasteiger partial charge on any atom is -0.507 e. The van der Waals surface area contributed by atoms with Crippen LogP contribution < -0.4 is 0 Å². The molecule has 0 aromatic heterocycles. The molecular weight excluding hydrogens is 282 g/mol. The molecule has 22 heavy (non-hydrogen) atoms.